The van der Waals surface area contributed by atoms with Gasteiger partial charge in [-0.3, -0.25) is 0 Å². The van der Waals surface area contributed by atoms with Crippen LogP contribution in [0.2, 0.25) is 0 Å². The Morgan fingerprint density at radius 2 is 1.90 bits per heavy atom. The number of rotatable bonds is 7. The highest BCUT2D eigenvalue weighted by molar-refractivity contribution is 5.79. The molecule has 0 amide bonds. The zero-order chi connectivity index (χ0) is 15.2. The van der Waals surface area contributed by atoms with Gasteiger partial charge in [-0.1, -0.05) is 17.7 Å². The molecule has 0 heterocycles. The quantitative estimate of drug-likeness (QED) is 0.779. The molecule has 20 heavy (non-hydrogen) atoms. The van der Waals surface area contributed by atoms with Gasteiger partial charge in [-0.2, -0.15) is 0 Å². The summed E-state index contributed by atoms with van der Waals surface area (Å²) >= 11 is 0. The summed E-state index contributed by atoms with van der Waals surface area (Å²) in [6.45, 7) is 8.12. The van der Waals surface area contributed by atoms with Crippen LogP contribution >= 0.6 is 0 Å². The van der Waals surface area contributed by atoms with Crippen LogP contribution in [0.3, 0.4) is 0 Å². The van der Waals surface area contributed by atoms with Crippen molar-refractivity contribution in [2.24, 2.45) is 0 Å². The van der Waals surface area contributed by atoms with Crippen LogP contribution in [0.5, 0.6) is 0 Å². The lowest BCUT2D eigenvalue weighted by atomic mass is 9.98. The number of ether oxygens (including phenoxy) is 2. The summed E-state index contributed by atoms with van der Waals surface area (Å²) in [4.78, 5) is 12.1. The van der Waals surface area contributed by atoms with E-state index in [1.165, 1.54) is 5.56 Å². The minimum Gasteiger partial charge on any atom is -0.464 e. The van der Waals surface area contributed by atoms with Crippen molar-refractivity contribution >= 4 is 11.7 Å². The summed E-state index contributed by atoms with van der Waals surface area (Å²) in [6, 6.07) is 7.51. The average Bonchev–Trinajstić information content (AvgIpc) is 2.40. The summed E-state index contributed by atoms with van der Waals surface area (Å²) in [5, 5.41) is 3.23. The van der Waals surface area contributed by atoms with E-state index in [-0.39, 0.29) is 5.97 Å². The third-order valence-corrected chi connectivity index (χ3v) is 3.21. The Balaban J connectivity index is 2.81. The van der Waals surface area contributed by atoms with Crippen molar-refractivity contribution in [3.05, 3.63) is 29.8 Å². The molecule has 4 nitrogen and oxygen atoms in total. The third-order valence-electron chi connectivity index (χ3n) is 3.21. The lowest BCUT2D eigenvalue weighted by Crippen LogP contribution is -2.39. The Bertz CT molecular complexity index is 426. The van der Waals surface area contributed by atoms with E-state index in [0.717, 1.165) is 5.69 Å². The van der Waals surface area contributed by atoms with Crippen molar-refractivity contribution in [3.8, 4) is 0 Å². The van der Waals surface area contributed by atoms with Gasteiger partial charge in [0, 0.05) is 19.2 Å². The normalized spacial score (nSPS) is 12.8. The molecule has 0 aliphatic carbocycles. The topological polar surface area (TPSA) is 47.6 Å². The Morgan fingerprint density at radius 1 is 1.30 bits per heavy atom. The largest absolute Gasteiger partial charge is 0.464 e. The van der Waals surface area contributed by atoms with Crippen LogP contribution in [0.1, 0.15) is 32.8 Å². The number of nitrogens with one attached hydrogen (secondary N) is 1. The summed E-state index contributed by atoms with van der Waals surface area (Å²) in [5.41, 5.74) is 1.69. The van der Waals surface area contributed by atoms with Gasteiger partial charge < -0.3 is 14.8 Å². The van der Waals surface area contributed by atoms with E-state index in [9.17, 15) is 4.79 Å². The SMILES string of the molecule is CCOC(=O)C(CC(C)(C)OC)Nc1ccc(C)cc1. The van der Waals surface area contributed by atoms with Crippen LogP contribution in [0.4, 0.5) is 5.69 Å². The number of anilines is 1. The molecule has 0 spiro atoms. The molecule has 0 bridgehead atoms. The molecule has 1 atom stereocenters. The maximum atomic E-state index is 12.1. The number of benzene rings is 1. The lowest BCUT2D eigenvalue weighted by Gasteiger charge is -2.28. The fourth-order valence-corrected chi connectivity index (χ4v) is 1.86. The maximum Gasteiger partial charge on any atom is 0.328 e. The molecular formula is C16H25NO3. The predicted octanol–water partition coefficient (Wildman–Crippen LogP) is 3.15. The van der Waals surface area contributed by atoms with Crippen LogP contribution < -0.4 is 5.32 Å². The fourth-order valence-electron chi connectivity index (χ4n) is 1.86. The summed E-state index contributed by atoms with van der Waals surface area (Å²) in [6.07, 6.45) is 0.538. The molecule has 4 heteroatoms. The zero-order valence-electron chi connectivity index (χ0n) is 13.0. The Hall–Kier alpha value is -1.55. The number of hydrogen-bond donors (Lipinski definition) is 1. The summed E-state index contributed by atoms with van der Waals surface area (Å²) in [5.74, 6) is -0.252. The van der Waals surface area contributed by atoms with E-state index in [4.69, 9.17) is 9.47 Å². The Labute approximate surface area is 121 Å². The molecular weight excluding hydrogens is 254 g/mol. The molecule has 1 rings (SSSR count). The van der Waals surface area contributed by atoms with Crippen molar-refractivity contribution in [1.82, 2.24) is 0 Å². The number of aryl methyl sites for hydroxylation is 1. The summed E-state index contributed by atoms with van der Waals surface area (Å²) < 4.78 is 10.5. The molecule has 0 saturated heterocycles. The molecule has 1 N–H and O–H groups in total. The number of hydrogen-bond acceptors (Lipinski definition) is 4. The van der Waals surface area contributed by atoms with E-state index >= 15 is 0 Å². The van der Waals surface area contributed by atoms with Gasteiger partial charge in [-0.05, 0) is 39.8 Å². The molecule has 0 fully saturated rings. The van der Waals surface area contributed by atoms with Gasteiger partial charge in [0.15, 0.2) is 0 Å². The van der Waals surface area contributed by atoms with E-state index in [2.05, 4.69) is 5.32 Å². The van der Waals surface area contributed by atoms with Gasteiger partial charge in [-0.25, -0.2) is 4.79 Å². The van der Waals surface area contributed by atoms with Gasteiger partial charge in [0.05, 0.1) is 12.2 Å². The van der Waals surface area contributed by atoms with Crippen LogP contribution in [-0.4, -0.2) is 31.3 Å². The molecule has 0 saturated carbocycles. The van der Waals surface area contributed by atoms with Crippen molar-refractivity contribution in [1.29, 1.82) is 0 Å². The minimum absolute atomic E-state index is 0.252. The lowest BCUT2D eigenvalue weighted by molar-refractivity contribution is -0.145. The van der Waals surface area contributed by atoms with Gasteiger partial charge >= 0.3 is 5.97 Å². The smallest absolute Gasteiger partial charge is 0.328 e. The molecule has 0 aliphatic heterocycles. The average molecular weight is 279 g/mol. The number of methoxy groups -OCH3 is 1. The van der Waals surface area contributed by atoms with Gasteiger partial charge in [0.1, 0.15) is 6.04 Å². The van der Waals surface area contributed by atoms with Crippen LogP contribution in [0.25, 0.3) is 0 Å². The number of esters is 1. The molecule has 1 unspecified atom stereocenters. The summed E-state index contributed by atoms with van der Waals surface area (Å²) in [7, 11) is 1.65. The highest BCUT2D eigenvalue weighted by atomic mass is 16.5. The second-order valence-corrected chi connectivity index (χ2v) is 5.48. The zero-order valence-corrected chi connectivity index (χ0v) is 13.0. The highest BCUT2D eigenvalue weighted by Crippen LogP contribution is 2.20. The first-order chi connectivity index (χ1) is 9.38. The molecule has 112 valence electrons. The van der Waals surface area contributed by atoms with E-state index in [1.54, 1.807) is 7.11 Å². The monoisotopic (exact) mass is 279 g/mol. The van der Waals surface area contributed by atoms with Crippen molar-refractivity contribution in [2.45, 2.75) is 45.8 Å². The molecule has 0 aliphatic rings. The molecule has 1 aromatic rings. The van der Waals surface area contributed by atoms with Crippen molar-refractivity contribution < 1.29 is 14.3 Å². The molecule has 0 aromatic heterocycles. The molecule has 0 radical (unpaired) electrons. The van der Waals surface area contributed by atoms with Gasteiger partial charge in [0.2, 0.25) is 0 Å². The standard InChI is InChI=1S/C16H25NO3/c1-6-20-15(18)14(11-16(3,4)19-5)17-13-9-7-12(2)8-10-13/h7-10,14,17H,6,11H2,1-5H3. The van der Waals surface area contributed by atoms with Crippen LogP contribution in [-0.2, 0) is 14.3 Å². The minimum atomic E-state index is -0.424. The van der Waals surface area contributed by atoms with E-state index in [0.29, 0.717) is 13.0 Å². The van der Waals surface area contributed by atoms with Gasteiger partial charge in [-0.15, -0.1) is 0 Å². The second kappa shape index (κ2) is 7.29. The second-order valence-electron chi connectivity index (χ2n) is 5.48. The number of carbonyl (C=O) groups excluding carboxylic acids is 1. The third kappa shape index (κ3) is 5.21. The first-order valence-electron chi connectivity index (χ1n) is 6.93. The van der Waals surface area contributed by atoms with E-state index < -0.39 is 11.6 Å². The molecule has 1 aromatic carbocycles. The Morgan fingerprint density at radius 3 is 2.40 bits per heavy atom. The first kappa shape index (κ1) is 16.5. The maximum absolute atomic E-state index is 12.1. The number of carbonyl (C=O) groups is 1. The Kier molecular flexibility index (Phi) is 6.02. The van der Waals surface area contributed by atoms with Crippen LogP contribution in [0.15, 0.2) is 24.3 Å². The fraction of sp³-hybridized carbons (Fsp3) is 0.562. The van der Waals surface area contributed by atoms with Crippen LogP contribution in [0, 0.1) is 6.92 Å². The van der Waals surface area contributed by atoms with E-state index in [1.807, 2.05) is 52.0 Å². The highest BCUT2D eigenvalue weighted by Gasteiger charge is 2.28. The van der Waals surface area contributed by atoms with Crippen molar-refractivity contribution in [2.75, 3.05) is 19.0 Å². The first-order valence-corrected chi connectivity index (χ1v) is 6.93. The van der Waals surface area contributed by atoms with Crippen molar-refractivity contribution in [3.63, 3.8) is 0 Å². The van der Waals surface area contributed by atoms with Gasteiger partial charge in [0.25, 0.3) is 0 Å². The predicted molar refractivity (Wildman–Crippen MR) is 80.9 cm³/mol.